The van der Waals surface area contributed by atoms with Crippen LogP contribution in [0.5, 0.6) is 0 Å². The molecular weight excluding hydrogens is 146 g/mol. The molecule has 0 fully saturated rings. The molecule has 0 bridgehead atoms. The van der Waals surface area contributed by atoms with Gasteiger partial charge in [0.15, 0.2) is 0 Å². The van der Waals surface area contributed by atoms with Gasteiger partial charge >= 0.3 is 5.97 Å². The Morgan fingerprint density at radius 3 is 2.22 bits per heavy atom. The van der Waals surface area contributed by atoms with Crippen molar-refractivity contribution in [3.63, 3.8) is 0 Å². The van der Waals surface area contributed by atoms with Crippen molar-refractivity contribution in [3.05, 3.63) is 0 Å². The second kappa shape index (κ2) is 3.29. The van der Waals surface area contributed by atoms with Crippen molar-refractivity contribution in [2.45, 2.75) is 12.5 Å². The molecule has 5 heteroatoms. The average Bonchev–Trinajstić information content (AvgIpc) is 1.63. The molecule has 0 spiro atoms. The summed E-state index contributed by atoms with van der Waals surface area (Å²) in [6, 6.07) is 0. The summed E-state index contributed by atoms with van der Waals surface area (Å²) in [4.78, 5) is 20.1. The van der Waals surface area contributed by atoms with Gasteiger partial charge in [-0.2, -0.15) is 0 Å². The van der Waals surface area contributed by atoms with Crippen LogP contribution in [0, 0.1) is 0 Å². The topological polar surface area (TPSA) is 69.4 Å². The number of alkyl halides is 1. The minimum atomic E-state index is -1.34. The highest BCUT2D eigenvalue weighted by Gasteiger charge is 2.12. The molecule has 52 valence electrons. The zero-order chi connectivity index (χ0) is 7.44. The van der Waals surface area contributed by atoms with E-state index in [1.165, 1.54) is 0 Å². The minimum Gasteiger partial charge on any atom is -0.436 e. The van der Waals surface area contributed by atoms with Crippen LogP contribution in [0.15, 0.2) is 0 Å². The Hall–Kier alpha value is -0.770. The zero-order valence-electron chi connectivity index (χ0n) is 4.76. The molecule has 0 saturated heterocycles. The highest BCUT2D eigenvalue weighted by atomic mass is 35.5. The number of nitrogens with two attached hydrogens (primary N) is 1. The molecule has 0 aliphatic heterocycles. The Bertz CT molecular complexity index is 136. The van der Waals surface area contributed by atoms with Gasteiger partial charge in [-0.25, -0.2) is 0 Å². The Morgan fingerprint density at radius 2 is 2.11 bits per heavy atom. The molecule has 1 unspecified atom stereocenters. The standard InChI is InChI=1S/C4H6ClNO3/c1-2(7)9-3(5)4(6)8/h3H,1H3,(H2,6,8). The smallest absolute Gasteiger partial charge is 0.304 e. The quantitative estimate of drug-likeness (QED) is 0.431. The maximum absolute atomic E-state index is 10.0. The largest absolute Gasteiger partial charge is 0.436 e. The maximum atomic E-state index is 10.0. The molecule has 0 heterocycles. The molecule has 0 rings (SSSR count). The van der Waals surface area contributed by atoms with Crippen molar-refractivity contribution >= 4 is 23.5 Å². The molecule has 2 N–H and O–H groups in total. The van der Waals surface area contributed by atoms with Crippen molar-refractivity contribution in [3.8, 4) is 0 Å². The summed E-state index contributed by atoms with van der Waals surface area (Å²) in [6.45, 7) is 1.14. The van der Waals surface area contributed by atoms with E-state index in [-0.39, 0.29) is 0 Å². The number of rotatable bonds is 2. The fraction of sp³-hybridized carbons (Fsp3) is 0.500. The number of carbonyl (C=O) groups excluding carboxylic acids is 2. The van der Waals surface area contributed by atoms with Crippen LogP contribution < -0.4 is 5.73 Å². The molecule has 1 amide bonds. The Balaban J connectivity index is 3.63. The van der Waals surface area contributed by atoms with Crippen molar-refractivity contribution in [1.29, 1.82) is 0 Å². The first-order valence-corrected chi connectivity index (χ1v) is 2.58. The van der Waals surface area contributed by atoms with E-state index in [0.717, 1.165) is 6.92 Å². The van der Waals surface area contributed by atoms with Crippen LogP contribution in [0.25, 0.3) is 0 Å². The summed E-state index contributed by atoms with van der Waals surface area (Å²) in [5, 5.41) is 0. The average molecular weight is 152 g/mol. The van der Waals surface area contributed by atoms with Gasteiger partial charge in [0.1, 0.15) is 0 Å². The third-order valence-corrected chi connectivity index (χ3v) is 0.797. The molecule has 0 radical (unpaired) electrons. The highest BCUT2D eigenvalue weighted by molar-refractivity contribution is 6.29. The van der Waals surface area contributed by atoms with Gasteiger partial charge in [0.05, 0.1) is 0 Å². The maximum Gasteiger partial charge on any atom is 0.304 e. The Labute approximate surface area is 56.9 Å². The first-order chi connectivity index (χ1) is 4.04. The van der Waals surface area contributed by atoms with Gasteiger partial charge in [-0.15, -0.1) is 0 Å². The van der Waals surface area contributed by atoms with Crippen LogP contribution in [0.4, 0.5) is 0 Å². The van der Waals surface area contributed by atoms with Crippen LogP contribution in [-0.4, -0.2) is 17.4 Å². The van der Waals surface area contributed by atoms with E-state index in [0.29, 0.717) is 0 Å². The van der Waals surface area contributed by atoms with Crippen LogP contribution in [-0.2, 0) is 14.3 Å². The summed E-state index contributed by atoms with van der Waals surface area (Å²) in [7, 11) is 0. The predicted molar refractivity (Wildman–Crippen MR) is 30.6 cm³/mol. The van der Waals surface area contributed by atoms with Crippen molar-refractivity contribution < 1.29 is 14.3 Å². The number of hydrogen-bond acceptors (Lipinski definition) is 3. The summed E-state index contributed by atoms with van der Waals surface area (Å²) < 4.78 is 4.16. The molecule has 0 saturated carbocycles. The summed E-state index contributed by atoms with van der Waals surface area (Å²) in [5.74, 6) is -1.50. The molecule has 0 aromatic heterocycles. The van der Waals surface area contributed by atoms with Gasteiger partial charge in [0.25, 0.3) is 11.5 Å². The van der Waals surface area contributed by atoms with E-state index < -0.39 is 17.4 Å². The number of amides is 1. The summed E-state index contributed by atoms with van der Waals surface area (Å²) >= 11 is 5.09. The van der Waals surface area contributed by atoms with Gasteiger partial charge < -0.3 is 10.5 Å². The van der Waals surface area contributed by atoms with E-state index in [4.69, 9.17) is 11.6 Å². The minimum absolute atomic E-state index is 0.631. The summed E-state index contributed by atoms with van der Waals surface area (Å²) in [5.41, 5.74) is 3.29. The van der Waals surface area contributed by atoms with Crippen LogP contribution in [0.3, 0.4) is 0 Å². The van der Waals surface area contributed by atoms with Crippen LogP contribution in [0.1, 0.15) is 6.92 Å². The Morgan fingerprint density at radius 1 is 1.67 bits per heavy atom. The van der Waals surface area contributed by atoms with E-state index in [9.17, 15) is 9.59 Å². The van der Waals surface area contributed by atoms with Crippen molar-refractivity contribution in [2.24, 2.45) is 5.73 Å². The fourth-order valence-electron chi connectivity index (χ4n) is 0.204. The lowest BCUT2D eigenvalue weighted by Crippen LogP contribution is -2.27. The third-order valence-electron chi connectivity index (χ3n) is 0.493. The molecule has 0 aliphatic rings. The monoisotopic (exact) mass is 151 g/mol. The first-order valence-electron chi connectivity index (χ1n) is 2.14. The predicted octanol–water partition coefficient (Wildman–Crippen LogP) is -0.400. The number of ether oxygens (including phenoxy) is 1. The number of hydrogen-bond donors (Lipinski definition) is 1. The SMILES string of the molecule is CC(=O)OC(Cl)C(N)=O. The molecule has 4 nitrogen and oxygen atoms in total. The lowest BCUT2D eigenvalue weighted by Gasteiger charge is -2.02. The molecule has 1 atom stereocenters. The van der Waals surface area contributed by atoms with Gasteiger partial charge in [0, 0.05) is 6.92 Å². The molecule has 0 aromatic rings. The van der Waals surface area contributed by atoms with Gasteiger partial charge in [-0.1, -0.05) is 11.6 Å². The van der Waals surface area contributed by atoms with Gasteiger partial charge in [0.2, 0.25) is 0 Å². The van der Waals surface area contributed by atoms with Gasteiger partial charge in [-0.3, -0.25) is 9.59 Å². The summed E-state index contributed by atoms with van der Waals surface area (Å²) in [6.07, 6.45) is 0. The van der Waals surface area contributed by atoms with Crippen molar-refractivity contribution in [2.75, 3.05) is 0 Å². The lowest BCUT2D eigenvalue weighted by molar-refractivity contribution is -0.147. The number of primary amides is 1. The number of esters is 1. The lowest BCUT2D eigenvalue weighted by atomic mass is 10.7. The fourth-order valence-corrected chi connectivity index (χ4v) is 0.329. The van der Waals surface area contributed by atoms with E-state index >= 15 is 0 Å². The second-order valence-corrected chi connectivity index (χ2v) is 1.72. The van der Waals surface area contributed by atoms with E-state index in [2.05, 4.69) is 10.5 Å². The Kier molecular flexibility index (Phi) is 3.01. The zero-order valence-corrected chi connectivity index (χ0v) is 5.51. The van der Waals surface area contributed by atoms with Crippen molar-refractivity contribution in [1.82, 2.24) is 0 Å². The van der Waals surface area contributed by atoms with Crippen LogP contribution >= 0.6 is 11.6 Å². The molecule has 0 aromatic carbocycles. The number of halogens is 1. The molecule has 0 aliphatic carbocycles. The molecular formula is C4H6ClNO3. The molecule has 9 heavy (non-hydrogen) atoms. The highest BCUT2D eigenvalue weighted by Crippen LogP contribution is 1.95. The second-order valence-electron chi connectivity index (χ2n) is 1.33. The first kappa shape index (κ1) is 8.23. The third kappa shape index (κ3) is 3.78. The van der Waals surface area contributed by atoms with Crippen LogP contribution in [0.2, 0.25) is 0 Å². The van der Waals surface area contributed by atoms with E-state index in [1.54, 1.807) is 0 Å². The van der Waals surface area contributed by atoms with Gasteiger partial charge in [-0.05, 0) is 0 Å². The normalized spacial score (nSPS) is 12.2. The number of carbonyl (C=O) groups is 2. The van der Waals surface area contributed by atoms with E-state index in [1.807, 2.05) is 0 Å².